The SMILES string of the molecule is CC(C)c1ccc(S(=O)(=O)NCc2ccc(C(O)c3ccco3)s2)cc1. The summed E-state index contributed by atoms with van der Waals surface area (Å²) in [6.07, 6.45) is 0.662. The molecular formula is C19H21NO4S2. The smallest absolute Gasteiger partial charge is 0.240 e. The molecule has 1 unspecified atom stereocenters. The molecule has 1 atom stereocenters. The molecule has 0 bridgehead atoms. The lowest BCUT2D eigenvalue weighted by molar-refractivity contribution is 0.193. The van der Waals surface area contributed by atoms with Crippen LogP contribution in [-0.2, 0) is 16.6 Å². The Kier molecular flexibility index (Phi) is 5.62. The molecular weight excluding hydrogens is 370 g/mol. The summed E-state index contributed by atoms with van der Waals surface area (Å²) in [5.74, 6) is 0.814. The Morgan fingerprint density at radius 2 is 1.85 bits per heavy atom. The molecule has 3 aromatic rings. The summed E-state index contributed by atoms with van der Waals surface area (Å²) in [5, 5.41) is 10.2. The van der Waals surface area contributed by atoms with Gasteiger partial charge in [-0.15, -0.1) is 11.3 Å². The predicted molar refractivity (Wildman–Crippen MR) is 102 cm³/mol. The largest absolute Gasteiger partial charge is 0.466 e. The number of benzene rings is 1. The Morgan fingerprint density at radius 1 is 1.12 bits per heavy atom. The van der Waals surface area contributed by atoms with Crippen molar-refractivity contribution in [1.82, 2.24) is 4.72 Å². The maximum Gasteiger partial charge on any atom is 0.240 e. The number of furan rings is 1. The van der Waals surface area contributed by atoms with Crippen LogP contribution in [0.1, 0.15) is 46.9 Å². The number of aliphatic hydroxyl groups is 1. The summed E-state index contributed by atoms with van der Waals surface area (Å²) < 4.78 is 32.7. The van der Waals surface area contributed by atoms with E-state index in [0.29, 0.717) is 16.6 Å². The van der Waals surface area contributed by atoms with E-state index in [-0.39, 0.29) is 11.4 Å². The zero-order valence-electron chi connectivity index (χ0n) is 14.5. The molecule has 0 aliphatic rings. The third-order valence-corrected chi connectivity index (χ3v) is 6.61. The summed E-state index contributed by atoms with van der Waals surface area (Å²) in [6.45, 7) is 4.30. The second-order valence-corrected chi connectivity index (χ2v) is 9.24. The van der Waals surface area contributed by atoms with Crippen LogP contribution in [0.3, 0.4) is 0 Å². The maximum absolute atomic E-state index is 12.4. The number of thiophene rings is 1. The third kappa shape index (κ3) is 4.24. The number of hydrogen-bond donors (Lipinski definition) is 2. The van der Waals surface area contributed by atoms with Crippen LogP contribution in [0.25, 0.3) is 0 Å². The molecule has 0 aliphatic carbocycles. The van der Waals surface area contributed by atoms with Gasteiger partial charge in [-0.25, -0.2) is 13.1 Å². The highest BCUT2D eigenvalue weighted by molar-refractivity contribution is 7.89. The highest BCUT2D eigenvalue weighted by Gasteiger charge is 2.18. The Hall–Kier alpha value is -1.93. The molecule has 0 amide bonds. The predicted octanol–water partition coefficient (Wildman–Crippen LogP) is 4.02. The Labute approximate surface area is 157 Å². The first-order valence-corrected chi connectivity index (χ1v) is 10.6. The average molecular weight is 392 g/mol. The minimum Gasteiger partial charge on any atom is -0.466 e. The average Bonchev–Trinajstić information content (AvgIpc) is 3.31. The molecule has 0 saturated carbocycles. The van der Waals surface area contributed by atoms with Crippen molar-refractivity contribution in [3.05, 3.63) is 75.9 Å². The highest BCUT2D eigenvalue weighted by Crippen LogP contribution is 2.29. The molecule has 26 heavy (non-hydrogen) atoms. The van der Waals surface area contributed by atoms with Crippen molar-refractivity contribution in [3.8, 4) is 0 Å². The van der Waals surface area contributed by atoms with Crippen molar-refractivity contribution in [1.29, 1.82) is 0 Å². The Bertz CT molecular complexity index is 942. The van der Waals surface area contributed by atoms with Gasteiger partial charge in [-0.3, -0.25) is 0 Å². The molecule has 0 aliphatic heterocycles. The minimum absolute atomic E-state index is 0.170. The van der Waals surface area contributed by atoms with E-state index in [1.54, 1.807) is 36.4 Å². The molecule has 2 aromatic heterocycles. The van der Waals surface area contributed by atoms with E-state index in [1.165, 1.54) is 17.6 Å². The molecule has 0 radical (unpaired) electrons. The maximum atomic E-state index is 12.4. The molecule has 138 valence electrons. The van der Waals surface area contributed by atoms with Crippen molar-refractivity contribution in [3.63, 3.8) is 0 Å². The van der Waals surface area contributed by atoms with Crippen molar-refractivity contribution in [2.24, 2.45) is 0 Å². The van der Waals surface area contributed by atoms with Crippen molar-refractivity contribution < 1.29 is 17.9 Å². The third-order valence-electron chi connectivity index (χ3n) is 4.06. The van der Waals surface area contributed by atoms with Gasteiger partial charge in [0.2, 0.25) is 10.0 Å². The number of hydrogen-bond acceptors (Lipinski definition) is 5. The van der Waals surface area contributed by atoms with E-state index in [4.69, 9.17) is 4.42 Å². The molecule has 0 spiro atoms. The van der Waals surface area contributed by atoms with Crippen LogP contribution < -0.4 is 4.72 Å². The standard InChI is InChI=1S/C19H21NO4S2/c1-13(2)14-5-8-16(9-6-14)26(22,23)20-12-15-7-10-18(25-15)19(21)17-4-3-11-24-17/h3-11,13,19-21H,12H2,1-2H3. The number of nitrogens with one attached hydrogen (secondary N) is 1. The van der Waals surface area contributed by atoms with E-state index in [9.17, 15) is 13.5 Å². The summed E-state index contributed by atoms with van der Waals surface area (Å²) in [4.78, 5) is 1.76. The molecule has 2 N–H and O–H groups in total. The van der Waals surface area contributed by atoms with Crippen LogP contribution in [0.5, 0.6) is 0 Å². The summed E-state index contributed by atoms with van der Waals surface area (Å²) in [6, 6.07) is 13.9. The number of rotatable bonds is 7. The number of sulfonamides is 1. The molecule has 2 heterocycles. The van der Waals surface area contributed by atoms with Crippen LogP contribution in [0.15, 0.2) is 64.1 Å². The van der Waals surface area contributed by atoms with Gasteiger partial charge in [-0.05, 0) is 47.9 Å². The van der Waals surface area contributed by atoms with E-state index in [0.717, 1.165) is 10.4 Å². The van der Waals surface area contributed by atoms with Crippen molar-refractivity contribution in [2.75, 3.05) is 0 Å². The zero-order valence-corrected chi connectivity index (χ0v) is 16.2. The van der Waals surface area contributed by atoms with E-state index in [2.05, 4.69) is 18.6 Å². The first-order valence-electron chi connectivity index (χ1n) is 8.26. The fraction of sp³-hybridized carbons (Fsp3) is 0.263. The van der Waals surface area contributed by atoms with Crippen LogP contribution >= 0.6 is 11.3 Å². The molecule has 5 nitrogen and oxygen atoms in total. The van der Waals surface area contributed by atoms with Gasteiger partial charge in [-0.2, -0.15) is 0 Å². The van der Waals surface area contributed by atoms with Gasteiger partial charge in [-0.1, -0.05) is 26.0 Å². The minimum atomic E-state index is -3.58. The van der Waals surface area contributed by atoms with E-state index < -0.39 is 16.1 Å². The van der Waals surface area contributed by atoms with Gasteiger partial charge < -0.3 is 9.52 Å². The topological polar surface area (TPSA) is 79.5 Å². The monoisotopic (exact) mass is 391 g/mol. The molecule has 1 aromatic carbocycles. The van der Waals surface area contributed by atoms with E-state index >= 15 is 0 Å². The van der Waals surface area contributed by atoms with Gasteiger partial charge in [0.1, 0.15) is 11.9 Å². The van der Waals surface area contributed by atoms with Gasteiger partial charge in [0.25, 0.3) is 0 Å². The second-order valence-electron chi connectivity index (χ2n) is 6.27. The van der Waals surface area contributed by atoms with Gasteiger partial charge >= 0.3 is 0 Å². The van der Waals surface area contributed by atoms with Gasteiger partial charge in [0, 0.05) is 16.3 Å². The van der Waals surface area contributed by atoms with Gasteiger partial charge in [0.15, 0.2) is 0 Å². The first kappa shape index (κ1) is 18.8. The van der Waals surface area contributed by atoms with Crippen molar-refractivity contribution >= 4 is 21.4 Å². The van der Waals surface area contributed by atoms with Crippen LogP contribution in [0, 0.1) is 0 Å². The highest BCUT2D eigenvalue weighted by atomic mass is 32.2. The lowest BCUT2D eigenvalue weighted by Crippen LogP contribution is -2.22. The molecule has 7 heteroatoms. The normalized spacial score (nSPS) is 13.2. The van der Waals surface area contributed by atoms with E-state index in [1.807, 2.05) is 12.1 Å². The quantitative estimate of drug-likeness (QED) is 0.637. The van der Waals surface area contributed by atoms with Crippen molar-refractivity contribution in [2.45, 2.75) is 37.3 Å². The molecule has 0 saturated heterocycles. The molecule has 0 fully saturated rings. The fourth-order valence-corrected chi connectivity index (χ4v) is 4.55. The zero-order chi connectivity index (χ0) is 18.7. The number of aliphatic hydroxyl groups excluding tert-OH is 1. The fourth-order valence-electron chi connectivity index (χ4n) is 2.50. The Morgan fingerprint density at radius 3 is 2.46 bits per heavy atom. The summed E-state index contributed by atoms with van der Waals surface area (Å²) in [7, 11) is -3.58. The molecule has 3 rings (SSSR count). The lowest BCUT2D eigenvalue weighted by Gasteiger charge is -2.09. The Balaban J connectivity index is 1.66. The van der Waals surface area contributed by atoms with Crippen LogP contribution in [-0.4, -0.2) is 13.5 Å². The van der Waals surface area contributed by atoms with Crippen LogP contribution in [0.2, 0.25) is 0 Å². The first-order chi connectivity index (χ1) is 12.4. The second kappa shape index (κ2) is 7.75. The van der Waals surface area contributed by atoms with Crippen LogP contribution in [0.4, 0.5) is 0 Å². The summed E-state index contributed by atoms with van der Waals surface area (Å²) in [5.41, 5.74) is 1.10. The van der Waals surface area contributed by atoms with Gasteiger partial charge in [0.05, 0.1) is 11.2 Å². The summed E-state index contributed by atoms with van der Waals surface area (Å²) >= 11 is 1.34. The lowest BCUT2D eigenvalue weighted by atomic mass is 10.0.